The van der Waals surface area contributed by atoms with E-state index in [0.717, 1.165) is 0 Å². The van der Waals surface area contributed by atoms with Gasteiger partial charge in [-0.05, 0) is 42.2 Å². The van der Waals surface area contributed by atoms with Gasteiger partial charge in [-0.1, -0.05) is 62.4 Å². The zero-order valence-electron chi connectivity index (χ0n) is 12.9. The third-order valence-electron chi connectivity index (χ3n) is 3.99. The minimum Gasteiger partial charge on any atom is -0.314 e. The Labute approximate surface area is 126 Å². The maximum absolute atomic E-state index is 2.37. The summed E-state index contributed by atoms with van der Waals surface area (Å²) in [6.07, 6.45) is 0. The van der Waals surface area contributed by atoms with Crippen LogP contribution in [0.1, 0.15) is 31.0 Å². The molecule has 21 heavy (non-hydrogen) atoms. The second-order valence-corrected chi connectivity index (χ2v) is 5.76. The minimum atomic E-state index is 0.525. The number of nitrogens with zero attached hydrogens (tertiary/aromatic N) is 1. The number of rotatable bonds is 3. The quantitative estimate of drug-likeness (QED) is 0.588. The van der Waals surface area contributed by atoms with Crippen LogP contribution in [0.2, 0.25) is 0 Å². The lowest BCUT2D eigenvalue weighted by Crippen LogP contribution is -2.00. The van der Waals surface area contributed by atoms with E-state index in [9.17, 15) is 0 Å². The first-order chi connectivity index (χ1) is 10.2. The molecule has 0 saturated heterocycles. The van der Waals surface area contributed by atoms with Crippen molar-refractivity contribution in [1.29, 1.82) is 0 Å². The summed E-state index contributed by atoms with van der Waals surface area (Å²) in [5.74, 6) is 0.525. The summed E-state index contributed by atoms with van der Waals surface area (Å²) in [6.45, 7) is 6.73. The first kappa shape index (κ1) is 13.7. The molecule has 0 spiro atoms. The highest BCUT2D eigenvalue weighted by Crippen LogP contribution is 2.32. The molecule has 1 nitrogen and oxygen atoms in total. The molecule has 0 radical (unpaired) electrons. The van der Waals surface area contributed by atoms with Gasteiger partial charge in [0.15, 0.2) is 0 Å². The van der Waals surface area contributed by atoms with Gasteiger partial charge in [-0.25, -0.2) is 0 Å². The summed E-state index contributed by atoms with van der Waals surface area (Å²) in [5.41, 5.74) is 6.49. The molecule has 1 heteroatoms. The summed E-state index contributed by atoms with van der Waals surface area (Å²) in [7, 11) is 0. The van der Waals surface area contributed by atoms with Gasteiger partial charge in [0.2, 0.25) is 0 Å². The van der Waals surface area contributed by atoms with Gasteiger partial charge in [-0.2, -0.15) is 0 Å². The van der Waals surface area contributed by atoms with Gasteiger partial charge in [0.25, 0.3) is 0 Å². The van der Waals surface area contributed by atoms with Crippen molar-refractivity contribution in [2.24, 2.45) is 0 Å². The first-order valence-corrected chi connectivity index (χ1v) is 7.51. The number of hydrogen-bond donors (Lipinski definition) is 0. The molecule has 3 aromatic rings. The Morgan fingerprint density at radius 2 is 1.38 bits per heavy atom. The zero-order valence-corrected chi connectivity index (χ0v) is 12.9. The highest BCUT2D eigenvalue weighted by atomic mass is 15.0. The van der Waals surface area contributed by atoms with E-state index in [1.807, 2.05) is 0 Å². The predicted octanol–water partition coefficient (Wildman–Crippen LogP) is 5.58. The Kier molecular flexibility index (Phi) is 3.66. The molecule has 0 unspecified atom stereocenters. The van der Waals surface area contributed by atoms with Crippen LogP contribution in [0.5, 0.6) is 0 Å². The van der Waals surface area contributed by atoms with E-state index in [1.165, 1.54) is 28.2 Å². The third-order valence-corrected chi connectivity index (χ3v) is 3.99. The largest absolute Gasteiger partial charge is 0.314 e. The molecule has 0 aliphatic heterocycles. The van der Waals surface area contributed by atoms with Crippen molar-refractivity contribution in [1.82, 2.24) is 4.57 Å². The van der Waals surface area contributed by atoms with Gasteiger partial charge in [0.1, 0.15) is 0 Å². The van der Waals surface area contributed by atoms with Crippen LogP contribution in [0.15, 0.2) is 66.7 Å². The van der Waals surface area contributed by atoms with Gasteiger partial charge in [-0.3, -0.25) is 0 Å². The van der Waals surface area contributed by atoms with Gasteiger partial charge < -0.3 is 4.57 Å². The normalized spacial score (nSPS) is 11.0. The van der Waals surface area contributed by atoms with Crippen molar-refractivity contribution in [2.45, 2.75) is 26.7 Å². The lowest BCUT2D eigenvalue weighted by atomic mass is 10.0. The monoisotopic (exact) mass is 275 g/mol. The average Bonchev–Trinajstić information content (AvgIpc) is 2.87. The van der Waals surface area contributed by atoms with Crippen molar-refractivity contribution in [2.75, 3.05) is 0 Å². The van der Waals surface area contributed by atoms with E-state index < -0.39 is 0 Å². The molecule has 0 fully saturated rings. The van der Waals surface area contributed by atoms with Crippen LogP contribution in [0.4, 0.5) is 0 Å². The van der Waals surface area contributed by atoms with Crippen LogP contribution in [0.3, 0.4) is 0 Å². The number of hydrogen-bond acceptors (Lipinski definition) is 0. The van der Waals surface area contributed by atoms with Crippen LogP contribution >= 0.6 is 0 Å². The second kappa shape index (κ2) is 5.61. The summed E-state index contributed by atoms with van der Waals surface area (Å²) in [5, 5.41) is 0. The zero-order chi connectivity index (χ0) is 14.8. The molecule has 106 valence electrons. The molecule has 0 bridgehead atoms. The smallest absolute Gasteiger partial charge is 0.0534 e. The van der Waals surface area contributed by atoms with Crippen molar-refractivity contribution in [3.05, 3.63) is 78.0 Å². The van der Waals surface area contributed by atoms with Gasteiger partial charge in [0, 0.05) is 11.4 Å². The van der Waals surface area contributed by atoms with Gasteiger partial charge in [0.05, 0.1) is 5.69 Å². The molecule has 0 N–H and O–H groups in total. The van der Waals surface area contributed by atoms with Crippen LogP contribution in [0, 0.1) is 6.92 Å². The van der Waals surface area contributed by atoms with E-state index >= 15 is 0 Å². The van der Waals surface area contributed by atoms with Crippen LogP contribution in [-0.2, 0) is 0 Å². The van der Waals surface area contributed by atoms with E-state index in [1.54, 1.807) is 0 Å². The topological polar surface area (TPSA) is 4.93 Å². The predicted molar refractivity (Wildman–Crippen MR) is 90.0 cm³/mol. The van der Waals surface area contributed by atoms with Crippen molar-refractivity contribution in [3.8, 4) is 16.9 Å². The molecule has 3 rings (SSSR count). The Bertz CT molecular complexity index is 721. The Morgan fingerprint density at radius 1 is 0.810 bits per heavy atom. The van der Waals surface area contributed by atoms with Gasteiger partial charge in [-0.15, -0.1) is 0 Å². The highest BCUT2D eigenvalue weighted by Gasteiger charge is 2.16. The summed E-state index contributed by atoms with van der Waals surface area (Å²) >= 11 is 0. The SMILES string of the molecule is Cc1c(C(C)C)cc(-c2ccccc2)n1-c1ccccc1. The standard InChI is InChI=1S/C20H21N/c1-15(2)19-14-20(17-10-6-4-7-11-17)21(16(19)3)18-12-8-5-9-13-18/h4-15H,1-3H3. The van der Waals surface area contributed by atoms with Crippen molar-refractivity contribution >= 4 is 0 Å². The molecule has 0 aliphatic rings. The summed E-state index contributed by atoms with van der Waals surface area (Å²) in [4.78, 5) is 0. The lowest BCUT2D eigenvalue weighted by Gasteiger charge is -2.13. The van der Waals surface area contributed by atoms with Crippen LogP contribution in [-0.4, -0.2) is 4.57 Å². The van der Waals surface area contributed by atoms with E-state index in [0.29, 0.717) is 5.92 Å². The fourth-order valence-electron chi connectivity index (χ4n) is 2.94. The Morgan fingerprint density at radius 3 is 1.95 bits per heavy atom. The van der Waals surface area contributed by atoms with E-state index in [4.69, 9.17) is 0 Å². The fourth-order valence-corrected chi connectivity index (χ4v) is 2.94. The summed E-state index contributed by atoms with van der Waals surface area (Å²) < 4.78 is 2.37. The van der Waals surface area contributed by atoms with Crippen molar-refractivity contribution in [3.63, 3.8) is 0 Å². The number of benzene rings is 2. The molecule has 2 aromatic carbocycles. The average molecular weight is 275 g/mol. The minimum absolute atomic E-state index is 0.525. The van der Waals surface area contributed by atoms with Gasteiger partial charge >= 0.3 is 0 Å². The molecule has 0 atom stereocenters. The first-order valence-electron chi connectivity index (χ1n) is 7.51. The number of aromatic nitrogens is 1. The third kappa shape index (κ3) is 2.52. The maximum atomic E-state index is 2.37. The molecule has 0 amide bonds. The molecular formula is C20H21N. The molecule has 1 aromatic heterocycles. The Hall–Kier alpha value is -2.28. The number of para-hydroxylation sites is 1. The Balaban J connectivity index is 2.26. The van der Waals surface area contributed by atoms with E-state index in [2.05, 4.69) is 92.1 Å². The molecule has 0 saturated carbocycles. The molecular weight excluding hydrogens is 254 g/mol. The molecule has 0 aliphatic carbocycles. The second-order valence-electron chi connectivity index (χ2n) is 5.76. The lowest BCUT2D eigenvalue weighted by molar-refractivity contribution is 0.846. The summed E-state index contributed by atoms with van der Waals surface area (Å²) in [6, 6.07) is 23.6. The van der Waals surface area contributed by atoms with E-state index in [-0.39, 0.29) is 0 Å². The highest BCUT2D eigenvalue weighted by molar-refractivity contribution is 5.66. The maximum Gasteiger partial charge on any atom is 0.0534 e. The fraction of sp³-hybridized carbons (Fsp3) is 0.200. The van der Waals surface area contributed by atoms with Crippen molar-refractivity contribution < 1.29 is 0 Å². The van der Waals surface area contributed by atoms with Crippen LogP contribution in [0.25, 0.3) is 16.9 Å². The molecule has 1 heterocycles. The van der Waals surface area contributed by atoms with Crippen LogP contribution < -0.4 is 0 Å².